The molecule has 43 heavy (non-hydrogen) atoms. The fourth-order valence-corrected chi connectivity index (χ4v) is 6.55. The fourth-order valence-electron chi connectivity index (χ4n) is 6.55. The summed E-state index contributed by atoms with van der Waals surface area (Å²) < 4.78 is 87.2. The Morgan fingerprint density at radius 3 is 2.60 bits per heavy atom. The van der Waals surface area contributed by atoms with Crippen LogP contribution in [0.4, 0.5) is 33.5 Å². The van der Waals surface area contributed by atoms with Crippen molar-refractivity contribution < 1.29 is 41.0 Å². The number of nitrogens with one attached hydrogen (secondary N) is 1. The van der Waals surface area contributed by atoms with Crippen LogP contribution in [0.15, 0.2) is 12.1 Å². The summed E-state index contributed by atoms with van der Waals surface area (Å²) in [5, 5.41) is 3.62. The van der Waals surface area contributed by atoms with Crippen molar-refractivity contribution in [1.29, 1.82) is 0 Å². The molecule has 3 aromatic rings. The third-order valence-electron chi connectivity index (χ3n) is 8.40. The van der Waals surface area contributed by atoms with Crippen LogP contribution >= 0.6 is 0 Å². The molecule has 14 heteroatoms. The lowest BCUT2D eigenvalue weighted by Crippen LogP contribution is -2.70. The number of hydrogen-bond donors (Lipinski definition) is 2. The number of esters is 1. The number of piperazine rings is 1. The van der Waals surface area contributed by atoms with E-state index in [2.05, 4.69) is 15.0 Å². The summed E-state index contributed by atoms with van der Waals surface area (Å²) in [4.78, 5) is 24.4. The number of nitrogen functional groups attached to an aromatic ring is 1. The highest BCUT2D eigenvalue weighted by Crippen LogP contribution is 2.48. The van der Waals surface area contributed by atoms with Crippen molar-refractivity contribution in [3.05, 3.63) is 35.0 Å². The second-order valence-corrected chi connectivity index (χ2v) is 11.7. The van der Waals surface area contributed by atoms with Gasteiger partial charge in [0.2, 0.25) is 5.88 Å². The van der Waals surface area contributed by atoms with Crippen LogP contribution in [-0.2, 0) is 9.53 Å². The number of nitrogens with zero attached hydrogens (tertiary/aromatic N) is 3. The monoisotopic (exact) mass is 607 g/mol. The van der Waals surface area contributed by atoms with Crippen molar-refractivity contribution in [2.45, 2.75) is 83.7 Å². The lowest BCUT2D eigenvalue weighted by atomic mass is 9.93. The highest BCUT2D eigenvalue weighted by Gasteiger charge is 2.57. The van der Waals surface area contributed by atoms with E-state index in [1.54, 1.807) is 34.6 Å². The third kappa shape index (κ3) is 4.66. The van der Waals surface area contributed by atoms with Gasteiger partial charge < -0.3 is 24.8 Å². The molecule has 2 saturated heterocycles. The van der Waals surface area contributed by atoms with Crippen molar-refractivity contribution in [1.82, 2.24) is 15.3 Å². The lowest BCUT2D eigenvalue weighted by Gasteiger charge is -2.46. The first-order valence-corrected chi connectivity index (χ1v) is 13.9. The maximum absolute atomic E-state index is 16.6. The summed E-state index contributed by atoms with van der Waals surface area (Å²) in [6.07, 6.45) is -5.07. The maximum atomic E-state index is 16.6. The number of rotatable bonds is 4. The number of pyridine rings is 2. The average molecular weight is 608 g/mol. The largest absolute Gasteiger partial charge is 0.573 e. The number of fused-ring (bicyclic) bond motifs is 5. The average Bonchev–Trinajstić information content (AvgIpc) is 3.19. The molecule has 0 spiro atoms. The van der Waals surface area contributed by atoms with Crippen molar-refractivity contribution in [2.75, 3.05) is 17.2 Å². The summed E-state index contributed by atoms with van der Waals surface area (Å²) in [6.45, 7) is 8.76. The van der Waals surface area contributed by atoms with Gasteiger partial charge in [-0.15, -0.1) is 13.2 Å². The number of carbonyl (C=O) groups is 1. The van der Waals surface area contributed by atoms with E-state index in [1.165, 1.54) is 0 Å². The number of carbonyl (C=O) groups excluding carboxylic acids is 1. The Hall–Kier alpha value is -3.94. The first kappa shape index (κ1) is 29.1. The minimum Gasteiger partial charge on any atom is -0.472 e. The van der Waals surface area contributed by atoms with Crippen molar-refractivity contribution in [3.8, 4) is 22.9 Å². The Kier molecular flexibility index (Phi) is 6.64. The van der Waals surface area contributed by atoms with Crippen molar-refractivity contribution in [2.24, 2.45) is 0 Å². The Balaban J connectivity index is 1.60. The topological polar surface area (TPSA) is 112 Å². The summed E-state index contributed by atoms with van der Waals surface area (Å²) in [5.74, 6) is -3.91. The number of halogens is 5. The van der Waals surface area contributed by atoms with Gasteiger partial charge in [0.05, 0.1) is 23.1 Å². The van der Waals surface area contributed by atoms with Gasteiger partial charge in [0.15, 0.2) is 17.4 Å². The van der Waals surface area contributed by atoms with E-state index in [0.717, 1.165) is 6.07 Å². The number of aromatic nitrogens is 2. The molecule has 0 amide bonds. The second-order valence-electron chi connectivity index (χ2n) is 11.7. The molecule has 2 aromatic heterocycles. The van der Waals surface area contributed by atoms with E-state index in [4.69, 9.17) is 20.2 Å². The van der Waals surface area contributed by atoms with E-state index in [9.17, 15) is 22.4 Å². The molecule has 5 heterocycles. The molecule has 9 nitrogen and oxygen atoms in total. The molecule has 0 aliphatic carbocycles. The standard InChI is InChI=1S/C29H30F5N5O4/c1-11(2)41-27(40)28-7-6-18(38-28)23-14(5)42-26-20-19(12(3)13(4)36-25(20)39(23)10-28)21(31)22(37-26)16-8-15(35)9-17(30)24(16)43-29(32,33)34/h8-9,11,14,18,23,38H,6-7,10,35H2,1-5H3/t14?,18-,23+,28+/m0/s1. The molecule has 3 N–H and O–H groups in total. The summed E-state index contributed by atoms with van der Waals surface area (Å²) in [5.41, 5.74) is 4.03. The molecular formula is C29H30F5N5O4. The molecule has 6 rings (SSSR count). The minimum absolute atomic E-state index is 0.0131. The lowest BCUT2D eigenvalue weighted by molar-refractivity contribution is -0.275. The van der Waals surface area contributed by atoms with E-state index >= 15 is 4.39 Å². The van der Waals surface area contributed by atoms with Gasteiger partial charge in [-0.3, -0.25) is 5.32 Å². The maximum Gasteiger partial charge on any atom is 0.573 e. The molecule has 3 aliphatic heterocycles. The third-order valence-corrected chi connectivity index (χ3v) is 8.40. The number of nitrogens with two attached hydrogens (primary N) is 1. The Morgan fingerprint density at radius 2 is 1.93 bits per heavy atom. The Labute approximate surface area is 243 Å². The van der Waals surface area contributed by atoms with E-state index in [1.807, 2.05) is 4.90 Å². The molecular weight excluding hydrogens is 577 g/mol. The van der Waals surface area contributed by atoms with E-state index in [0.29, 0.717) is 36.0 Å². The molecule has 1 unspecified atom stereocenters. The highest BCUT2D eigenvalue weighted by atomic mass is 19.4. The first-order valence-electron chi connectivity index (χ1n) is 13.9. The van der Waals surface area contributed by atoms with Crippen LogP contribution in [-0.4, -0.2) is 58.7 Å². The zero-order valence-corrected chi connectivity index (χ0v) is 24.0. The van der Waals surface area contributed by atoms with Crippen LogP contribution in [0.25, 0.3) is 22.0 Å². The molecule has 2 bridgehead atoms. The number of ether oxygens (including phenoxy) is 3. The van der Waals surface area contributed by atoms with Gasteiger partial charge in [-0.25, -0.2) is 23.5 Å². The summed E-state index contributed by atoms with van der Waals surface area (Å²) in [7, 11) is 0. The zero-order valence-electron chi connectivity index (χ0n) is 24.0. The van der Waals surface area contributed by atoms with Crippen LogP contribution < -0.4 is 25.4 Å². The van der Waals surface area contributed by atoms with Crippen molar-refractivity contribution >= 4 is 28.2 Å². The van der Waals surface area contributed by atoms with Gasteiger partial charge in [0, 0.05) is 35.4 Å². The fraction of sp³-hybridized carbons (Fsp3) is 0.483. The van der Waals surface area contributed by atoms with Crippen LogP contribution in [0.2, 0.25) is 0 Å². The van der Waals surface area contributed by atoms with E-state index in [-0.39, 0.29) is 47.1 Å². The molecule has 0 radical (unpaired) electrons. The molecule has 0 saturated carbocycles. The Morgan fingerprint density at radius 1 is 1.21 bits per heavy atom. The molecule has 3 aliphatic rings. The SMILES string of the molecule is Cc1nc2c3c(nc(-c4cc(N)cc(F)c4OC(F)(F)F)c(F)c3c1C)OC(C)[C@@H]1[C@@H]3CC[C@](C(=O)OC(C)C)(CN21)N3. The van der Waals surface area contributed by atoms with Gasteiger partial charge in [-0.1, -0.05) is 0 Å². The van der Waals surface area contributed by atoms with E-state index < -0.39 is 52.6 Å². The quantitative estimate of drug-likeness (QED) is 0.238. The summed E-state index contributed by atoms with van der Waals surface area (Å²) >= 11 is 0. The predicted molar refractivity (Wildman–Crippen MR) is 147 cm³/mol. The number of aryl methyl sites for hydroxylation is 2. The van der Waals surface area contributed by atoms with Crippen LogP contribution in [0.3, 0.4) is 0 Å². The minimum atomic E-state index is -5.28. The molecule has 2 fully saturated rings. The number of alkyl halides is 3. The number of benzene rings is 1. The van der Waals surface area contributed by atoms with Gasteiger partial charge in [0.25, 0.3) is 0 Å². The first-order chi connectivity index (χ1) is 20.1. The van der Waals surface area contributed by atoms with Crippen molar-refractivity contribution in [3.63, 3.8) is 0 Å². The van der Waals surface area contributed by atoms with Crippen LogP contribution in [0.1, 0.15) is 44.9 Å². The smallest absolute Gasteiger partial charge is 0.472 e. The highest BCUT2D eigenvalue weighted by molar-refractivity contribution is 6.02. The van der Waals surface area contributed by atoms with Gasteiger partial charge in [-0.2, -0.15) is 0 Å². The molecule has 4 atom stereocenters. The Bertz CT molecular complexity index is 1670. The number of hydrogen-bond acceptors (Lipinski definition) is 9. The predicted octanol–water partition coefficient (Wildman–Crippen LogP) is 5.08. The van der Waals surface area contributed by atoms with Crippen LogP contribution in [0.5, 0.6) is 11.6 Å². The van der Waals surface area contributed by atoms with Gasteiger partial charge >= 0.3 is 12.3 Å². The van der Waals surface area contributed by atoms with Gasteiger partial charge in [0.1, 0.15) is 23.2 Å². The second kappa shape index (κ2) is 9.79. The van der Waals surface area contributed by atoms with Gasteiger partial charge in [-0.05, 0) is 59.1 Å². The summed E-state index contributed by atoms with van der Waals surface area (Å²) in [6, 6.07) is 1.02. The molecule has 230 valence electrons. The molecule has 1 aromatic carbocycles. The normalized spacial score (nSPS) is 24.5. The number of anilines is 2. The zero-order chi connectivity index (χ0) is 31.2. The van der Waals surface area contributed by atoms with Crippen LogP contribution in [0, 0.1) is 25.5 Å².